The van der Waals surface area contributed by atoms with Gasteiger partial charge in [-0.25, -0.2) is 0 Å². The Hall–Kier alpha value is -3.33. The van der Waals surface area contributed by atoms with E-state index in [1.807, 2.05) is 36.4 Å². The molecule has 0 spiro atoms. The van der Waals surface area contributed by atoms with E-state index in [4.69, 9.17) is 10.00 Å². The Morgan fingerprint density at radius 1 is 1.04 bits per heavy atom. The Kier molecular flexibility index (Phi) is 7.69. The lowest BCUT2D eigenvalue weighted by Crippen LogP contribution is -2.22. The van der Waals surface area contributed by atoms with Crippen molar-refractivity contribution >= 4 is 17.5 Å². The highest BCUT2D eigenvalue weighted by Crippen LogP contribution is 2.12. The third-order valence-electron chi connectivity index (χ3n) is 3.50. The molecule has 0 heterocycles. The fourth-order valence-electron chi connectivity index (χ4n) is 2.26. The highest BCUT2D eigenvalue weighted by molar-refractivity contribution is 5.90. The summed E-state index contributed by atoms with van der Waals surface area (Å²) in [5, 5.41) is 13.9. The van der Waals surface area contributed by atoms with Gasteiger partial charge in [-0.3, -0.25) is 9.59 Å². The SMILES string of the molecule is N#CCC(=O)NCc1cccc(NC(=O)CCCOc2ccccc2)c1. The first-order valence-electron chi connectivity index (χ1n) is 8.37. The van der Waals surface area contributed by atoms with Gasteiger partial charge in [-0.15, -0.1) is 0 Å². The molecule has 0 aromatic heterocycles. The molecule has 0 aliphatic carbocycles. The Labute approximate surface area is 152 Å². The van der Waals surface area contributed by atoms with Gasteiger partial charge in [0.1, 0.15) is 12.2 Å². The predicted octanol–water partition coefficient (Wildman–Crippen LogP) is 3.01. The van der Waals surface area contributed by atoms with Crippen molar-refractivity contribution in [1.82, 2.24) is 5.32 Å². The van der Waals surface area contributed by atoms with Gasteiger partial charge in [0.25, 0.3) is 0 Å². The van der Waals surface area contributed by atoms with Crippen LogP contribution in [0, 0.1) is 11.3 Å². The second-order valence-corrected chi connectivity index (χ2v) is 5.63. The number of nitrogens with one attached hydrogen (secondary N) is 2. The smallest absolute Gasteiger partial charge is 0.234 e. The number of rotatable bonds is 9. The summed E-state index contributed by atoms with van der Waals surface area (Å²) in [7, 11) is 0. The van der Waals surface area contributed by atoms with Crippen LogP contribution < -0.4 is 15.4 Å². The van der Waals surface area contributed by atoms with E-state index in [1.165, 1.54) is 0 Å². The summed E-state index contributed by atoms with van der Waals surface area (Å²) < 4.78 is 5.56. The molecule has 0 fully saturated rings. The average molecular weight is 351 g/mol. The van der Waals surface area contributed by atoms with Crippen LogP contribution in [-0.2, 0) is 16.1 Å². The first-order chi connectivity index (χ1) is 12.7. The van der Waals surface area contributed by atoms with Crippen molar-refractivity contribution in [2.45, 2.75) is 25.8 Å². The number of carbonyl (C=O) groups excluding carboxylic acids is 2. The Morgan fingerprint density at radius 3 is 2.62 bits per heavy atom. The van der Waals surface area contributed by atoms with Gasteiger partial charge >= 0.3 is 0 Å². The van der Waals surface area contributed by atoms with Crippen LogP contribution in [0.5, 0.6) is 5.75 Å². The van der Waals surface area contributed by atoms with Gasteiger partial charge in [-0.2, -0.15) is 5.26 Å². The van der Waals surface area contributed by atoms with E-state index in [1.54, 1.807) is 24.3 Å². The molecule has 0 unspecified atom stereocenters. The van der Waals surface area contributed by atoms with Crippen LogP contribution in [0.15, 0.2) is 54.6 Å². The normalized spacial score (nSPS) is 9.81. The van der Waals surface area contributed by atoms with E-state index in [2.05, 4.69) is 10.6 Å². The van der Waals surface area contributed by atoms with E-state index in [0.29, 0.717) is 31.7 Å². The Balaban J connectivity index is 1.72. The fourth-order valence-corrected chi connectivity index (χ4v) is 2.26. The van der Waals surface area contributed by atoms with Gasteiger partial charge in [0, 0.05) is 18.7 Å². The van der Waals surface area contributed by atoms with E-state index in [9.17, 15) is 9.59 Å². The standard InChI is InChI=1S/C20H21N3O3/c21-12-11-19(24)22-15-16-6-4-7-17(14-16)23-20(25)10-5-13-26-18-8-2-1-3-9-18/h1-4,6-9,14H,5,10-11,13,15H2,(H,22,24)(H,23,25). The summed E-state index contributed by atoms with van der Waals surface area (Å²) in [6.45, 7) is 0.789. The number of hydrogen-bond acceptors (Lipinski definition) is 4. The molecule has 6 nitrogen and oxygen atoms in total. The van der Waals surface area contributed by atoms with E-state index >= 15 is 0 Å². The van der Waals surface area contributed by atoms with Crippen molar-refractivity contribution < 1.29 is 14.3 Å². The summed E-state index contributed by atoms with van der Waals surface area (Å²) in [4.78, 5) is 23.3. The van der Waals surface area contributed by atoms with Crippen LogP contribution >= 0.6 is 0 Å². The monoisotopic (exact) mass is 351 g/mol. The van der Waals surface area contributed by atoms with Crippen molar-refractivity contribution in [1.29, 1.82) is 5.26 Å². The lowest BCUT2D eigenvalue weighted by molar-refractivity contribution is -0.120. The van der Waals surface area contributed by atoms with Crippen LogP contribution in [-0.4, -0.2) is 18.4 Å². The average Bonchev–Trinajstić information content (AvgIpc) is 2.65. The quantitative estimate of drug-likeness (QED) is 0.679. The number of amides is 2. The summed E-state index contributed by atoms with van der Waals surface area (Å²) in [5.74, 6) is 0.381. The molecular formula is C20H21N3O3. The van der Waals surface area contributed by atoms with E-state index in [0.717, 1.165) is 11.3 Å². The molecule has 2 N–H and O–H groups in total. The number of nitrogens with zero attached hydrogens (tertiary/aromatic N) is 1. The molecule has 0 radical (unpaired) electrons. The highest BCUT2D eigenvalue weighted by Gasteiger charge is 2.05. The van der Waals surface area contributed by atoms with Crippen molar-refractivity contribution in [3.63, 3.8) is 0 Å². The molecule has 2 rings (SSSR count). The van der Waals surface area contributed by atoms with Crippen LogP contribution in [0.25, 0.3) is 0 Å². The lowest BCUT2D eigenvalue weighted by atomic mass is 10.2. The molecule has 6 heteroatoms. The van der Waals surface area contributed by atoms with Crippen molar-refractivity contribution in [3.05, 3.63) is 60.2 Å². The van der Waals surface area contributed by atoms with Gasteiger partial charge in [0.2, 0.25) is 11.8 Å². The molecule has 26 heavy (non-hydrogen) atoms. The van der Waals surface area contributed by atoms with Crippen LogP contribution in [0.1, 0.15) is 24.8 Å². The highest BCUT2D eigenvalue weighted by atomic mass is 16.5. The molecule has 0 atom stereocenters. The Bertz CT molecular complexity index is 769. The number of nitriles is 1. The molecular weight excluding hydrogens is 330 g/mol. The number of ether oxygens (including phenoxy) is 1. The van der Waals surface area contributed by atoms with Crippen LogP contribution in [0.3, 0.4) is 0 Å². The van der Waals surface area contributed by atoms with Gasteiger partial charge < -0.3 is 15.4 Å². The molecule has 0 aliphatic heterocycles. The van der Waals surface area contributed by atoms with Gasteiger partial charge in [-0.05, 0) is 36.2 Å². The van der Waals surface area contributed by atoms with Crippen LogP contribution in [0.4, 0.5) is 5.69 Å². The summed E-state index contributed by atoms with van der Waals surface area (Å²) >= 11 is 0. The first-order valence-corrected chi connectivity index (χ1v) is 8.37. The molecule has 2 amide bonds. The minimum Gasteiger partial charge on any atom is -0.494 e. The first kappa shape index (κ1) is 19.0. The molecule has 0 bridgehead atoms. The minimum absolute atomic E-state index is 0.0904. The van der Waals surface area contributed by atoms with Crippen molar-refractivity contribution in [2.75, 3.05) is 11.9 Å². The maximum Gasteiger partial charge on any atom is 0.234 e. The summed E-state index contributed by atoms with van der Waals surface area (Å²) in [6.07, 6.45) is 0.808. The molecule has 0 saturated heterocycles. The van der Waals surface area contributed by atoms with E-state index in [-0.39, 0.29) is 18.2 Å². The van der Waals surface area contributed by atoms with Gasteiger partial charge in [-0.1, -0.05) is 30.3 Å². The van der Waals surface area contributed by atoms with Crippen molar-refractivity contribution in [3.8, 4) is 11.8 Å². The number of para-hydroxylation sites is 1. The zero-order chi connectivity index (χ0) is 18.6. The van der Waals surface area contributed by atoms with Gasteiger partial charge in [0.15, 0.2) is 0 Å². The molecule has 2 aromatic carbocycles. The maximum absolute atomic E-state index is 12.0. The second kappa shape index (κ2) is 10.5. The largest absolute Gasteiger partial charge is 0.494 e. The number of benzene rings is 2. The van der Waals surface area contributed by atoms with Crippen molar-refractivity contribution in [2.24, 2.45) is 0 Å². The third-order valence-corrected chi connectivity index (χ3v) is 3.50. The minimum atomic E-state index is -0.319. The molecule has 134 valence electrons. The topological polar surface area (TPSA) is 91.2 Å². The zero-order valence-electron chi connectivity index (χ0n) is 14.4. The fraction of sp³-hybridized carbons (Fsp3) is 0.250. The predicted molar refractivity (Wildman–Crippen MR) is 98.3 cm³/mol. The third kappa shape index (κ3) is 7.05. The van der Waals surface area contributed by atoms with Crippen LogP contribution in [0.2, 0.25) is 0 Å². The summed E-state index contributed by atoms with van der Waals surface area (Å²) in [6, 6.07) is 18.5. The van der Waals surface area contributed by atoms with E-state index < -0.39 is 0 Å². The number of anilines is 1. The second-order valence-electron chi connectivity index (χ2n) is 5.63. The lowest BCUT2D eigenvalue weighted by Gasteiger charge is -2.09. The molecule has 0 saturated carbocycles. The molecule has 0 aliphatic rings. The number of hydrogen-bond donors (Lipinski definition) is 2. The number of carbonyl (C=O) groups is 2. The zero-order valence-corrected chi connectivity index (χ0v) is 14.4. The molecule has 2 aromatic rings. The Morgan fingerprint density at radius 2 is 1.85 bits per heavy atom. The maximum atomic E-state index is 12.0. The summed E-state index contributed by atoms with van der Waals surface area (Å²) in [5.41, 5.74) is 1.52. The van der Waals surface area contributed by atoms with Gasteiger partial charge in [0.05, 0.1) is 12.7 Å².